The van der Waals surface area contributed by atoms with Crippen molar-refractivity contribution in [3.05, 3.63) is 29.0 Å². The zero-order valence-corrected chi connectivity index (χ0v) is 11.0. The van der Waals surface area contributed by atoms with Crippen LogP contribution in [0, 0.1) is 0 Å². The van der Waals surface area contributed by atoms with E-state index in [1.54, 1.807) is 6.07 Å². The van der Waals surface area contributed by atoms with E-state index in [9.17, 15) is 4.79 Å². The van der Waals surface area contributed by atoms with Crippen LogP contribution in [0.25, 0.3) is 0 Å². The van der Waals surface area contributed by atoms with Crippen molar-refractivity contribution in [2.75, 3.05) is 13.2 Å². The number of hydrogen-bond acceptors (Lipinski definition) is 3. The predicted octanol–water partition coefficient (Wildman–Crippen LogP) is 2.28. The van der Waals surface area contributed by atoms with Gasteiger partial charge in [-0.05, 0) is 32.9 Å². The molecular weight excluding hydrogens is 240 g/mol. The van der Waals surface area contributed by atoms with Gasteiger partial charge in [0.15, 0.2) is 0 Å². The summed E-state index contributed by atoms with van der Waals surface area (Å²) in [5.74, 6) is -0.250. The van der Waals surface area contributed by atoms with Gasteiger partial charge in [-0.1, -0.05) is 11.6 Å². The Hall–Kier alpha value is -1.13. The van der Waals surface area contributed by atoms with Crippen molar-refractivity contribution in [2.45, 2.75) is 26.4 Å². The van der Waals surface area contributed by atoms with Crippen LogP contribution in [-0.4, -0.2) is 29.6 Å². The third-order valence-electron chi connectivity index (χ3n) is 2.16. The molecule has 0 aliphatic carbocycles. The van der Waals surface area contributed by atoms with E-state index in [0.29, 0.717) is 23.9 Å². The van der Waals surface area contributed by atoms with E-state index < -0.39 is 0 Å². The summed E-state index contributed by atoms with van der Waals surface area (Å²) in [6, 6.07) is 3.16. The Morgan fingerprint density at radius 2 is 2.29 bits per heavy atom. The first-order valence-corrected chi connectivity index (χ1v) is 5.86. The average molecular weight is 257 g/mol. The molecule has 1 aromatic rings. The zero-order valence-electron chi connectivity index (χ0n) is 10.3. The molecule has 5 heteroatoms. The largest absolute Gasteiger partial charge is 0.374 e. The lowest BCUT2D eigenvalue weighted by Gasteiger charge is -2.24. The number of nitrogens with one attached hydrogen (secondary N) is 1. The second-order valence-corrected chi connectivity index (χ2v) is 4.67. The van der Waals surface area contributed by atoms with Gasteiger partial charge in [0, 0.05) is 24.4 Å². The number of carbonyl (C=O) groups is 1. The molecule has 0 fully saturated rings. The fraction of sp³-hybridized carbons (Fsp3) is 0.500. The Bertz CT molecular complexity index is 394. The number of rotatable bonds is 5. The van der Waals surface area contributed by atoms with Gasteiger partial charge in [0.2, 0.25) is 0 Å². The van der Waals surface area contributed by atoms with E-state index in [2.05, 4.69) is 10.3 Å². The van der Waals surface area contributed by atoms with Crippen LogP contribution >= 0.6 is 11.6 Å². The number of pyridine rings is 1. The van der Waals surface area contributed by atoms with Crippen molar-refractivity contribution >= 4 is 17.5 Å². The molecule has 0 radical (unpaired) electrons. The highest BCUT2D eigenvalue weighted by Gasteiger charge is 2.19. The molecule has 0 spiro atoms. The average Bonchev–Trinajstić information content (AvgIpc) is 2.26. The number of ether oxygens (including phenoxy) is 1. The minimum Gasteiger partial charge on any atom is -0.374 e. The molecule has 1 rings (SSSR count). The SMILES string of the molecule is CCOC(C)(C)CNC(=O)c1cc(Cl)ccn1. The third kappa shape index (κ3) is 4.71. The van der Waals surface area contributed by atoms with Crippen LogP contribution in [0.5, 0.6) is 0 Å². The van der Waals surface area contributed by atoms with Crippen LogP contribution in [-0.2, 0) is 4.74 Å². The Balaban J connectivity index is 2.56. The van der Waals surface area contributed by atoms with Crippen LogP contribution < -0.4 is 5.32 Å². The molecule has 4 nitrogen and oxygen atoms in total. The van der Waals surface area contributed by atoms with E-state index in [-0.39, 0.29) is 11.5 Å². The summed E-state index contributed by atoms with van der Waals surface area (Å²) in [4.78, 5) is 15.7. The number of nitrogens with zero attached hydrogens (tertiary/aromatic N) is 1. The van der Waals surface area contributed by atoms with E-state index >= 15 is 0 Å². The first-order chi connectivity index (χ1) is 7.94. The Labute approximate surface area is 106 Å². The standard InChI is InChI=1S/C12H17ClN2O2/c1-4-17-12(2,3)8-15-11(16)10-7-9(13)5-6-14-10/h5-7H,4,8H2,1-3H3,(H,15,16). The van der Waals surface area contributed by atoms with Crippen LogP contribution in [0.1, 0.15) is 31.3 Å². The molecule has 94 valence electrons. The number of halogens is 1. The van der Waals surface area contributed by atoms with Crippen molar-refractivity contribution in [1.82, 2.24) is 10.3 Å². The molecule has 0 aliphatic rings. The van der Waals surface area contributed by atoms with Crippen LogP contribution in [0.2, 0.25) is 5.02 Å². The summed E-state index contributed by atoms with van der Waals surface area (Å²) in [5, 5.41) is 3.26. The van der Waals surface area contributed by atoms with Crippen molar-refractivity contribution in [3.8, 4) is 0 Å². The summed E-state index contributed by atoms with van der Waals surface area (Å²) < 4.78 is 5.48. The molecule has 17 heavy (non-hydrogen) atoms. The third-order valence-corrected chi connectivity index (χ3v) is 2.40. The van der Waals surface area contributed by atoms with Crippen LogP contribution in [0.15, 0.2) is 18.3 Å². The van der Waals surface area contributed by atoms with Gasteiger partial charge in [-0.2, -0.15) is 0 Å². The summed E-state index contributed by atoms with van der Waals surface area (Å²) in [5.41, 5.74) is -0.0759. The maximum absolute atomic E-state index is 11.8. The monoisotopic (exact) mass is 256 g/mol. The molecule has 0 saturated carbocycles. The summed E-state index contributed by atoms with van der Waals surface area (Å²) >= 11 is 5.78. The summed E-state index contributed by atoms with van der Waals surface area (Å²) in [6.07, 6.45) is 1.50. The summed E-state index contributed by atoms with van der Waals surface area (Å²) in [6.45, 7) is 6.79. The molecular formula is C12H17ClN2O2. The minimum atomic E-state index is -0.386. The highest BCUT2D eigenvalue weighted by atomic mass is 35.5. The fourth-order valence-corrected chi connectivity index (χ4v) is 1.51. The smallest absolute Gasteiger partial charge is 0.270 e. The lowest BCUT2D eigenvalue weighted by atomic mass is 10.1. The highest BCUT2D eigenvalue weighted by molar-refractivity contribution is 6.30. The van der Waals surface area contributed by atoms with E-state index in [4.69, 9.17) is 16.3 Å². The lowest BCUT2D eigenvalue weighted by molar-refractivity contribution is -0.00818. The van der Waals surface area contributed by atoms with Gasteiger partial charge in [-0.3, -0.25) is 9.78 Å². The Kier molecular flexibility index (Phi) is 4.90. The first kappa shape index (κ1) is 13.9. The minimum absolute atomic E-state index is 0.250. The van der Waals surface area contributed by atoms with Crippen molar-refractivity contribution < 1.29 is 9.53 Å². The van der Waals surface area contributed by atoms with Crippen LogP contribution in [0.4, 0.5) is 0 Å². The van der Waals surface area contributed by atoms with Gasteiger partial charge in [-0.15, -0.1) is 0 Å². The van der Waals surface area contributed by atoms with Crippen LogP contribution in [0.3, 0.4) is 0 Å². The van der Waals surface area contributed by atoms with Crippen molar-refractivity contribution in [1.29, 1.82) is 0 Å². The quantitative estimate of drug-likeness (QED) is 0.879. The van der Waals surface area contributed by atoms with Gasteiger partial charge in [-0.25, -0.2) is 0 Å². The second kappa shape index (κ2) is 5.98. The molecule has 0 bridgehead atoms. The number of amides is 1. The molecule has 1 aromatic heterocycles. The molecule has 1 amide bonds. The van der Waals surface area contributed by atoms with Gasteiger partial charge < -0.3 is 10.1 Å². The summed E-state index contributed by atoms with van der Waals surface area (Å²) in [7, 11) is 0. The van der Waals surface area contributed by atoms with Gasteiger partial charge >= 0.3 is 0 Å². The number of hydrogen-bond donors (Lipinski definition) is 1. The molecule has 1 N–H and O–H groups in total. The van der Waals surface area contributed by atoms with Crippen molar-refractivity contribution in [3.63, 3.8) is 0 Å². The van der Waals surface area contributed by atoms with E-state index in [1.165, 1.54) is 12.3 Å². The zero-order chi connectivity index (χ0) is 12.9. The predicted molar refractivity (Wildman–Crippen MR) is 67.3 cm³/mol. The van der Waals surface area contributed by atoms with E-state index in [0.717, 1.165) is 0 Å². The molecule has 1 heterocycles. The first-order valence-electron chi connectivity index (χ1n) is 5.48. The number of carbonyl (C=O) groups excluding carboxylic acids is 1. The van der Waals surface area contributed by atoms with Crippen molar-refractivity contribution in [2.24, 2.45) is 0 Å². The van der Waals surface area contributed by atoms with Gasteiger partial charge in [0.25, 0.3) is 5.91 Å². The molecule has 0 aliphatic heterocycles. The lowest BCUT2D eigenvalue weighted by Crippen LogP contribution is -2.40. The fourth-order valence-electron chi connectivity index (χ4n) is 1.35. The molecule has 0 atom stereocenters. The second-order valence-electron chi connectivity index (χ2n) is 4.23. The number of aromatic nitrogens is 1. The molecule has 0 aromatic carbocycles. The van der Waals surface area contributed by atoms with Gasteiger partial charge in [0.05, 0.1) is 5.60 Å². The Morgan fingerprint density at radius 3 is 2.88 bits per heavy atom. The van der Waals surface area contributed by atoms with E-state index in [1.807, 2.05) is 20.8 Å². The van der Waals surface area contributed by atoms with Gasteiger partial charge in [0.1, 0.15) is 5.69 Å². The Morgan fingerprint density at radius 1 is 1.59 bits per heavy atom. The molecule has 0 saturated heterocycles. The maximum atomic E-state index is 11.8. The highest BCUT2D eigenvalue weighted by Crippen LogP contribution is 2.09. The maximum Gasteiger partial charge on any atom is 0.270 e. The normalized spacial score (nSPS) is 11.3. The molecule has 0 unspecified atom stereocenters. The topological polar surface area (TPSA) is 51.2 Å².